The standard InChI is InChI=1S/C17H19NO3/c1-2-14-9-6-10-16(11-14)20-13-17(19)18-21-12-15-7-4-3-5-8-15/h3-11H,2,12-13H2,1H3,(H,18,19). The molecule has 0 aliphatic rings. The van der Waals surface area contributed by atoms with Crippen molar-refractivity contribution < 1.29 is 14.4 Å². The third-order valence-electron chi connectivity index (χ3n) is 2.94. The maximum Gasteiger partial charge on any atom is 0.281 e. The summed E-state index contributed by atoms with van der Waals surface area (Å²) in [5.74, 6) is 0.375. The van der Waals surface area contributed by atoms with Crippen LogP contribution in [0.5, 0.6) is 5.75 Å². The Morgan fingerprint density at radius 1 is 1.05 bits per heavy atom. The van der Waals surface area contributed by atoms with Gasteiger partial charge in [0.15, 0.2) is 6.61 Å². The van der Waals surface area contributed by atoms with Crippen LogP contribution in [-0.4, -0.2) is 12.5 Å². The van der Waals surface area contributed by atoms with Gasteiger partial charge in [0.05, 0.1) is 6.61 Å². The van der Waals surface area contributed by atoms with Gasteiger partial charge in [0, 0.05) is 0 Å². The zero-order chi connectivity index (χ0) is 14.9. The molecule has 0 aromatic heterocycles. The van der Waals surface area contributed by atoms with E-state index >= 15 is 0 Å². The second kappa shape index (κ2) is 8.07. The molecule has 4 nitrogen and oxygen atoms in total. The molecule has 4 heteroatoms. The van der Waals surface area contributed by atoms with E-state index in [0.717, 1.165) is 12.0 Å². The zero-order valence-electron chi connectivity index (χ0n) is 12.0. The molecule has 1 amide bonds. The van der Waals surface area contributed by atoms with Gasteiger partial charge in [-0.05, 0) is 29.7 Å². The van der Waals surface area contributed by atoms with E-state index in [0.29, 0.717) is 12.4 Å². The summed E-state index contributed by atoms with van der Waals surface area (Å²) in [5, 5.41) is 0. The average Bonchev–Trinajstić information content (AvgIpc) is 2.54. The van der Waals surface area contributed by atoms with Crippen molar-refractivity contribution in [2.75, 3.05) is 6.61 Å². The van der Waals surface area contributed by atoms with E-state index in [9.17, 15) is 4.79 Å². The number of amides is 1. The number of nitrogens with one attached hydrogen (secondary N) is 1. The summed E-state index contributed by atoms with van der Waals surface area (Å²) >= 11 is 0. The van der Waals surface area contributed by atoms with Crippen LogP contribution in [0, 0.1) is 0 Å². The van der Waals surface area contributed by atoms with Crippen LogP contribution in [0.2, 0.25) is 0 Å². The average molecular weight is 285 g/mol. The number of rotatable bonds is 7. The summed E-state index contributed by atoms with van der Waals surface area (Å²) < 4.78 is 5.42. The molecule has 0 heterocycles. The molecule has 2 aromatic carbocycles. The molecule has 2 rings (SSSR count). The van der Waals surface area contributed by atoms with Crippen LogP contribution in [0.1, 0.15) is 18.1 Å². The summed E-state index contributed by atoms with van der Waals surface area (Å²) in [7, 11) is 0. The predicted molar refractivity (Wildman–Crippen MR) is 80.7 cm³/mol. The fourth-order valence-electron chi connectivity index (χ4n) is 1.81. The molecule has 110 valence electrons. The number of hydrogen-bond acceptors (Lipinski definition) is 3. The fraction of sp³-hybridized carbons (Fsp3) is 0.235. The van der Waals surface area contributed by atoms with Gasteiger partial charge in [-0.2, -0.15) is 0 Å². The topological polar surface area (TPSA) is 47.6 Å². The second-order valence-electron chi connectivity index (χ2n) is 4.59. The molecule has 0 atom stereocenters. The van der Waals surface area contributed by atoms with Crippen molar-refractivity contribution in [3.8, 4) is 5.75 Å². The van der Waals surface area contributed by atoms with Gasteiger partial charge >= 0.3 is 0 Å². The van der Waals surface area contributed by atoms with Gasteiger partial charge in [0.1, 0.15) is 5.75 Å². The smallest absolute Gasteiger partial charge is 0.281 e. The van der Waals surface area contributed by atoms with E-state index in [1.54, 1.807) is 0 Å². The molecule has 0 aliphatic carbocycles. The minimum atomic E-state index is -0.312. The maximum absolute atomic E-state index is 11.6. The molecule has 0 unspecified atom stereocenters. The molecular weight excluding hydrogens is 266 g/mol. The van der Waals surface area contributed by atoms with E-state index < -0.39 is 0 Å². The Kier molecular flexibility index (Phi) is 5.79. The number of ether oxygens (including phenoxy) is 1. The minimum absolute atomic E-state index is 0.0675. The lowest BCUT2D eigenvalue weighted by molar-refractivity contribution is -0.136. The number of carbonyl (C=O) groups is 1. The van der Waals surface area contributed by atoms with Crippen molar-refractivity contribution in [1.29, 1.82) is 0 Å². The Morgan fingerprint density at radius 2 is 1.81 bits per heavy atom. The summed E-state index contributed by atoms with van der Waals surface area (Å²) in [6.45, 7) is 2.34. The van der Waals surface area contributed by atoms with Crippen molar-refractivity contribution in [2.24, 2.45) is 0 Å². The molecule has 0 spiro atoms. The van der Waals surface area contributed by atoms with Gasteiger partial charge < -0.3 is 4.74 Å². The van der Waals surface area contributed by atoms with Crippen molar-refractivity contribution in [3.63, 3.8) is 0 Å². The number of benzene rings is 2. The monoisotopic (exact) mass is 285 g/mol. The Morgan fingerprint density at radius 3 is 2.57 bits per heavy atom. The van der Waals surface area contributed by atoms with Gasteiger partial charge in [-0.1, -0.05) is 49.4 Å². The minimum Gasteiger partial charge on any atom is -0.484 e. The fourth-order valence-corrected chi connectivity index (χ4v) is 1.81. The lowest BCUT2D eigenvalue weighted by Crippen LogP contribution is -2.28. The van der Waals surface area contributed by atoms with Crippen LogP contribution in [0.3, 0.4) is 0 Å². The maximum atomic E-state index is 11.6. The van der Waals surface area contributed by atoms with Gasteiger partial charge in [0.25, 0.3) is 5.91 Å². The molecule has 0 radical (unpaired) electrons. The molecule has 2 aromatic rings. The first-order chi connectivity index (χ1) is 10.3. The first-order valence-corrected chi connectivity index (χ1v) is 6.94. The summed E-state index contributed by atoms with van der Waals surface area (Å²) in [5.41, 5.74) is 4.54. The van der Waals surface area contributed by atoms with E-state index in [4.69, 9.17) is 9.57 Å². The molecule has 0 fully saturated rings. The third kappa shape index (κ3) is 5.28. The molecule has 0 saturated heterocycles. The van der Waals surface area contributed by atoms with Gasteiger partial charge in [-0.3, -0.25) is 9.63 Å². The van der Waals surface area contributed by atoms with E-state index in [2.05, 4.69) is 12.4 Å². The lowest BCUT2D eigenvalue weighted by Gasteiger charge is -2.08. The van der Waals surface area contributed by atoms with Gasteiger partial charge in [-0.25, -0.2) is 5.48 Å². The van der Waals surface area contributed by atoms with E-state index in [1.165, 1.54) is 5.56 Å². The van der Waals surface area contributed by atoms with Crippen molar-refractivity contribution >= 4 is 5.91 Å². The Labute approximate surface area is 124 Å². The molecule has 0 saturated carbocycles. The molecule has 0 aliphatic heterocycles. The van der Waals surface area contributed by atoms with Crippen LogP contribution in [0.4, 0.5) is 0 Å². The molecule has 0 bridgehead atoms. The summed E-state index contributed by atoms with van der Waals surface area (Å²) in [6, 6.07) is 17.3. The van der Waals surface area contributed by atoms with Gasteiger partial charge in [-0.15, -0.1) is 0 Å². The Balaban J connectivity index is 1.70. The summed E-state index contributed by atoms with van der Waals surface area (Å²) in [6.07, 6.45) is 0.934. The highest BCUT2D eigenvalue weighted by atomic mass is 16.7. The zero-order valence-corrected chi connectivity index (χ0v) is 12.0. The number of hydrogen-bond donors (Lipinski definition) is 1. The molecular formula is C17H19NO3. The van der Waals surface area contributed by atoms with Crippen LogP contribution >= 0.6 is 0 Å². The van der Waals surface area contributed by atoms with Crippen LogP contribution in [0.15, 0.2) is 54.6 Å². The van der Waals surface area contributed by atoms with Crippen LogP contribution < -0.4 is 10.2 Å². The largest absolute Gasteiger partial charge is 0.484 e. The first-order valence-electron chi connectivity index (χ1n) is 6.94. The normalized spacial score (nSPS) is 10.1. The third-order valence-corrected chi connectivity index (χ3v) is 2.94. The van der Waals surface area contributed by atoms with Crippen molar-refractivity contribution in [3.05, 3.63) is 65.7 Å². The van der Waals surface area contributed by atoms with Crippen LogP contribution in [0.25, 0.3) is 0 Å². The number of carbonyl (C=O) groups excluding carboxylic acids is 1. The highest BCUT2D eigenvalue weighted by molar-refractivity contribution is 5.76. The highest BCUT2D eigenvalue weighted by Gasteiger charge is 2.03. The summed E-state index contributed by atoms with van der Waals surface area (Å²) in [4.78, 5) is 16.7. The SMILES string of the molecule is CCc1cccc(OCC(=O)NOCc2ccccc2)c1. The molecule has 1 N–H and O–H groups in total. The van der Waals surface area contributed by atoms with Gasteiger partial charge in [0.2, 0.25) is 0 Å². The van der Waals surface area contributed by atoms with Crippen LogP contribution in [-0.2, 0) is 22.7 Å². The van der Waals surface area contributed by atoms with E-state index in [-0.39, 0.29) is 12.5 Å². The lowest BCUT2D eigenvalue weighted by atomic mass is 10.2. The Bertz CT molecular complexity index is 569. The number of aryl methyl sites for hydroxylation is 1. The first kappa shape index (κ1) is 15.1. The highest BCUT2D eigenvalue weighted by Crippen LogP contribution is 2.13. The van der Waals surface area contributed by atoms with E-state index in [1.807, 2.05) is 54.6 Å². The van der Waals surface area contributed by atoms with Crippen molar-refractivity contribution in [1.82, 2.24) is 5.48 Å². The quantitative estimate of drug-likeness (QED) is 0.796. The second-order valence-corrected chi connectivity index (χ2v) is 4.59. The Hall–Kier alpha value is -2.33. The number of hydroxylamine groups is 1. The molecule has 21 heavy (non-hydrogen) atoms. The predicted octanol–water partition coefficient (Wildman–Crippen LogP) is 2.88. The van der Waals surface area contributed by atoms with Crippen molar-refractivity contribution in [2.45, 2.75) is 20.0 Å².